The molecule has 0 saturated heterocycles. The molecular weight excluding hydrogens is 246 g/mol. The number of aryl methyl sites for hydroxylation is 2. The highest BCUT2D eigenvalue weighted by Gasteiger charge is 2.15. The van der Waals surface area contributed by atoms with Gasteiger partial charge in [0, 0.05) is 24.7 Å². The zero-order valence-corrected chi connectivity index (χ0v) is 10.8. The van der Waals surface area contributed by atoms with Gasteiger partial charge in [0.15, 0.2) is 0 Å². The van der Waals surface area contributed by atoms with Crippen LogP contribution in [0.1, 0.15) is 27.4 Å². The second-order valence-corrected chi connectivity index (χ2v) is 4.41. The second-order valence-electron chi connectivity index (χ2n) is 4.41. The van der Waals surface area contributed by atoms with Crippen LogP contribution >= 0.6 is 0 Å². The minimum atomic E-state index is -1.01. The van der Waals surface area contributed by atoms with E-state index < -0.39 is 5.97 Å². The number of nitrogens with zero attached hydrogens (tertiary/aromatic N) is 1. The minimum absolute atomic E-state index is 0.188. The van der Waals surface area contributed by atoms with Crippen LogP contribution in [0.25, 0.3) is 0 Å². The van der Waals surface area contributed by atoms with Crippen molar-refractivity contribution in [2.75, 3.05) is 0 Å². The fourth-order valence-corrected chi connectivity index (χ4v) is 2.20. The maximum Gasteiger partial charge on any atom is 0.337 e. The van der Waals surface area contributed by atoms with E-state index in [-0.39, 0.29) is 11.1 Å². The first-order valence-corrected chi connectivity index (χ1v) is 5.97. The van der Waals surface area contributed by atoms with Crippen LogP contribution in [0.4, 0.5) is 0 Å². The molecule has 0 aliphatic heterocycles. The fourth-order valence-electron chi connectivity index (χ4n) is 2.20. The summed E-state index contributed by atoms with van der Waals surface area (Å²) in [5.74, 6) is -0.245. The summed E-state index contributed by atoms with van der Waals surface area (Å²) in [5.41, 5.74) is 0.971. The molecule has 1 N–H and O–H groups in total. The van der Waals surface area contributed by atoms with Crippen molar-refractivity contribution in [1.29, 1.82) is 0 Å². The molecule has 5 heteroatoms. The van der Waals surface area contributed by atoms with Crippen LogP contribution in [-0.2, 0) is 13.0 Å². The molecule has 0 amide bonds. The van der Waals surface area contributed by atoms with Crippen molar-refractivity contribution in [3.63, 3.8) is 0 Å². The molecule has 5 nitrogen and oxygen atoms in total. The molecule has 2 heterocycles. The van der Waals surface area contributed by atoms with Crippen LogP contribution in [0.2, 0.25) is 0 Å². The van der Waals surface area contributed by atoms with Crippen molar-refractivity contribution in [3.8, 4) is 0 Å². The number of carboxylic acids is 1. The Balaban J connectivity index is 2.37. The molecule has 0 aromatic carbocycles. The van der Waals surface area contributed by atoms with Gasteiger partial charge in [0.2, 0.25) is 0 Å². The molecule has 2 aromatic heterocycles. The predicted molar refractivity (Wildman–Crippen MR) is 69.5 cm³/mol. The van der Waals surface area contributed by atoms with Gasteiger partial charge in [-0.1, -0.05) is 0 Å². The van der Waals surface area contributed by atoms with E-state index in [9.17, 15) is 14.7 Å². The van der Waals surface area contributed by atoms with Crippen LogP contribution in [-0.4, -0.2) is 15.6 Å². The van der Waals surface area contributed by atoms with Gasteiger partial charge in [-0.3, -0.25) is 4.79 Å². The molecule has 0 aliphatic rings. The normalized spacial score (nSPS) is 10.6. The molecule has 19 heavy (non-hydrogen) atoms. The standard InChI is InChI=1S/C14H15NO4/c1-9-8-12(16)15(10(2)13(9)14(17)18)6-5-11-4-3-7-19-11/h3-4,7-8H,5-6H2,1-2H3,(H,17,18). The quantitative estimate of drug-likeness (QED) is 0.913. The third kappa shape index (κ3) is 2.59. The Labute approximate surface area is 110 Å². The molecule has 0 radical (unpaired) electrons. The lowest BCUT2D eigenvalue weighted by Gasteiger charge is -2.13. The van der Waals surface area contributed by atoms with Crippen molar-refractivity contribution >= 4 is 5.97 Å². The molecule has 0 saturated carbocycles. The molecule has 100 valence electrons. The van der Waals surface area contributed by atoms with Crippen LogP contribution in [0.5, 0.6) is 0 Å². The largest absolute Gasteiger partial charge is 0.478 e. The SMILES string of the molecule is Cc1cc(=O)n(CCc2ccco2)c(C)c1C(=O)O. The van der Waals surface area contributed by atoms with E-state index in [4.69, 9.17) is 4.42 Å². The molecular formula is C14H15NO4. The maximum atomic E-state index is 11.9. The Bertz CT molecular complexity index is 653. The van der Waals surface area contributed by atoms with Crippen molar-refractivity contribution in [3.05, 3.63) is 57.4 Å². The highest BCUT2D eigenvalue weighted by atomic mass is 16.4. The lowest BCUT2D eigenvalue weighted by molar-refractivity contribution is 0.0694. The van der Waals surface area contributed by atoms with Gasteiger partial charge < -0.3 is 14.1 Å². The predicted octanol–water partition coefficient (Wildman–Crippen LogP) is 2.00. The average molecular weight is 261 g/mol. The Kier molecular flexibility index (Phi) is 3.55. The molecule has 0 bridgehead atoms. The monoisotopic (exact) mass is 261 g/mol. The van der Waals surface area contributed by atoms with Crippen LogP contribution in [0.3, 0.4) is 0 Å². The van der Waals surface area contributed by atoms with Crippen molar-refractivity contribution in [1.82, 2.24) is 4.57 Å². The molecule has 2 rings (SSSR count). The average Bonchev–Trinajstić information content (AvgIpc) is 2.80. The van der Waals surface area contributed by atoms with Gasteiger partial charge in [-0.15, -0.1) is 0 Å². The Morgan fingerprint density at radius 2 is 2.16 bits per heavy atom. The first-order chi connectivity index (χ1) is 9.00. The molecule has 0 aliphatic carbocycles. The number of hydrogen-bond acceptors (Lipinski definition) is 3. The first kappa shape index (κ1) is 13.1. The van der Waals surface area contributed by atoms with E-state index >= 15 is 0 Å². The summed E-state index contributed by atoms with van der Waals surface area (Å²) in [5, 5.41) is 9.18. The van der Waals surface area contributed by atoms with Gasteiger partial charge in [-0.2, -0.15) is 0 Å². The maximum absolute atomic E-state index is 11.9. The molecule has 0 unspecified atom stereocenters. The summed E-state index contributed by atoms with van der Waals surface area (Å²) < 4.78 is 6.68. The Morgan fingerprint density at radius 1 is 1.42 bits per heavy atom. The van der Waals surface area contributed by atoms with Crippen molar-refractivity contribution < 1.29 is 14.3 Å². The minimum Gasteiger partial charge on any atom is -0.478 e. The number of carbonyl (C=O) groups is 1. The molecule has 0 spiro atoms. The summed E-state index contributed by atoms with van der Waals surface area (Å²) in [6, 6.07) is 4.97. The summed E-state index contributed by atoms with van der Waals surface area (Å²) in [6.07, 6.45) is 2.12. The van der Waals surface area contributed by atoms with Crippen LogP contribution in [0, 0.1) is 13.8 Å². The second kappa shape index (κ2) is 5.14. The van der Waals surface area contributed by atoms with E-state index in [0.29, 0.717) is 24.2 Å². The van der Waals surface area contributed by atoms with E-state index in [1.807, 2.05) is 6.07 Å². The third-order valence-corrected chi connectivity index (χ3v) is 3.14. The number of carboxylic acid groups (broad SMARTS) is 1. The smallest absolute Gasteiger partial charge is 0.337 e. The third-order valence-electron chi connectivity index (χ3n) is 3.14. The molecule has 2 aromatic rings. The van der Waals surface area contributed by atoms with E-state index in [2.05, 4.69) is 0 Å². The van der Waals surface area contributed by atoms with Gasteiger partial charge in [0.1, 0.15) is 5.76 Å². The lowest BCUT2D eigenvalue weighted by atomic mass is 10.1. The number of rotatable bonds is 4. The van der Waals surface area contributed by atoms with Crippen LogP contribution < -0.4 is 5.56 Å². The zero-order valence-electron chi connectivity index (χ0n) is 10.8. The Hall–Kier alpha value is -2.30. The van der Waals surface area contributed by atoms with E-state index in [1.165, 1.54) is 10.6 Å². The molecule has 0 atom stereocenters. The number of aromatic carboxylic acids is 1. The zero-order chi connectivity index (χ0) is 14.0. The van der Waals surface area contributed by atoms with E-state index in [0.717, 1.165) is 5.76 Å². The summed E-state index contributed by atoms with van der Waals surface area (Å²) in [4.78, 5) is 23.1. The number of furan rings is 1. The highest BCUT2D eigenvalue weighted by Crippen LogP contribution is 2.12. The first-order valence-electron chi connectivity index (χ1n) is 5.97. The fraction of sp³-hybridized carbons (Fsp3) is 0.286. The molecule has 0 fully saturated rings. The number of aromatic nitrogens is 1. The van der Waals surface area contributed by atoms with E-state index in [1.54, 1.807) is 26.2 Å². The summed E-state index contributed by atoms with van der Waals surface area (Å²) in [7, 11) is 0. The van der Waals surface area contributed by atoms with Gasteiger partial charge in [0.05, 0.1) is 11.8 Å². The van der Waals surface area contributed by atoms with Gasteiger partial charge in [-0.25, -0.2) is 4.79 Å². The number of hydrogen-bond donors (Lipinski definition) is 1. The van der Waals surface area contributed by atoms with Gasteiger partial charge >= 0.3 is 5.97 Å². The number of pyridine rings is 1. The van der Waals surface area contributed by atoms with Gasteiger partial charge in [0.25, 0.3) is 5.56 Å². The Morgan fingerprint density at radius 3 is 2.74 bits per heavy atom. The van der Waals surface area contributed by atoms with Crippen molar-refractivity contribution in [2.45, 2.75) is 26.8 Å². The highest BCUT2D eigenvalue weighted by molar-refractivity contribution is 5.90. The van der Waals surface area contributed by atoms with Gasteiger partial charge in [-0.05, 0) is 31.5 Å². The summed E-state index contributed by atoms with van der Waals surface area (Å²) in [6.45, 7) is 3.69. The van der Waals surface area contributed by atoms with Crippen LogP contribution in [0.15, 0.2) is 33.7 Å². The van der Waals surface area contributed by atoms with Crippen molar-refractivity contribution in [2.24, 2.45) is 0 Å². The topological polar surface area (TPSA) is 72.4 Å². The summed E-state index contributed by atoms with van der Waals surface area (Å²) >= 11 is 0. The lowest BCUT2D eigenvalue weighted by Crippen LogP contribution is -2.26.